The van der Waals surface area contributed by atoms with Gasteiger partial charge in [-0.2, -0.15) is 4.68 Å². The summed E-state index contributed by atoms with van der Waals surface area (Å²) in [5, 5.41) is 3.13. The fraction of sp³-hybridized carbons (Fsp3) is 0.250. The van der Waals surface area contributed by atoms with Gasteiger partial charge in [0.2, 0.25) is 17.8 Å². The molecule has 8 heteroatoms. The number of para-hydroxylation sites is 2. The number of benzene rings is 2. The van der Waals surface area contributed by atoms with Crippen molar-refractivity contribution >= 4 is 22.8 Å². The van der Waals surface area contributed by atoms with Crippen LogP contribution in [0.2, 0.25) is 0 Å². The molecule has 2 amide bonds. The van der Waals surface area contributed by atoms with E-state index in [1.165, 1.54) is 9.58 Å². The van der Waals surface area contributed by atoms with Crippen LogP contribution < -0.4 is 5.56 Å². The summed E-state index contributed by atoms with van der Waals surface area (Å²) in [5.74, 6) is -1.02. The van der Waals surface area contributed by atoms with E-state index < -0.39 is 5.92 Å². The molecule has 4 aromatic rings. The van der Waals surface area contributed by atoms with Crippen LogP contribution in [0.4, 0.5) is 0 Å². The number of amides is 2. The molecule has 3 heterocycles. The summed E-state index contributed by atoms with van der Waals surface area (Å²) in [7, 11) is 0. The maximum Gasteiger partial charge on any atom is 0.278 e. The monoisotopic (exact) mass is 429 g/mol. The third kappa shape index (κ3) is 3.33. The van der Waals surface area contributed by atoms with Crippen LogP contribution in [0.15, 0.2) is 59.4 Å². The van der Waals surface area contributed by atoms with Crippen molar-refractivity contribution < 1.29 is 9.59 Å². The average molecular weight is 429 g/mol. The Morgan fingerprint density at radius 1 is 1.03 bits per heavy atom. The van der Waals surface area contributed by atoms with E-state index in [0.717, 1.165) is 23.0 Å². The van der Waals surface area contributed by atoms with Gasteiger partial charge in [-0.3, -0.25) is 24.4 Å². The third-order valence-corrected chi connectivity index (χ3v) is 5.87. The van der Waals surface area contributed by atoms with Crippen molar-refractivity contribution in [2.24, 2.45) is 0 Å². The Hall–Kier alpha value is -3.94. The van der Waals surface area contributed by atoms with Crippen molar-refractivity contribution in [1.29, 1.82) is 0 Å². The number of rotatable bonds is 6. The molecule has 1 fully saturated rings. The first kappa shape index (κ1) is 20.0. The topological polar surface area (TPSA) is 104 Å². The van der Waals surface area contributed by atoms with Crippen LogP contribution in [-0.4, -0.2) is 36.5 Å². The summed E-state index contributed by atoms with van der Waals surface area (Å²) in [4.78, 5) is 48.3. The van der Waals surface area contributed by atoms with Gasteiger partial charge in [-0.05, 0) is 24.1 Å². The number of nitrogens with zero attached hydrogens (tertiary/aromatic N) is 3. The summed E-state index contributed by atoms with van der Waals surface area (Å²) >= 11 is 0. The molecule has 1 unspecified atom stereocenters. The number of aromatic amines is 2. The molecule has 162 valence electrons. The summed E-state index contributed by atoms with van der Waals surface area (Å²) in [6.07, 6.45) is 1.37. The highest BCUT2D eigenvalue weighted by Crippen LogP contribution is 2.31. The average Bonchev–Trinajstić information content (AvgIpc) is 3.44. The quantitative estimate of drug-likeness (QED) is 0.460. The third-order valence-electron chi connectivity index (χ3n) is 5.87. The number of hydrogen-bond acceptors (Lipinski definition) is 4. The predicted molar refractivity (Wildman–Crippen MR) is 119 cm³/mol. The van der Waals surface area contributed by atoms with Crippen LogP contribution in [0.3, 0.4) is 0 Å². The lowest BCUT2D eigenvalue weighted by Gasteiger charge is -2.15. The number of imide groups is 1. The highest BCUT2D eigenvalue weighted by atomic mass is 16.2. The normalized spacial score (nSPS) is 16.4. The van der Waals surface area contributed by atoms with Gasteiger partial charge in [0.1, 0.15) is 0 Å². The van der Waals surface area contributed by atoms with Crippen molar-refractivity contribution in [2.45, 2.75) is 38.6 Å². The molecule has 8 nitrogen and oxygen atoms in total. The van der Waals surface area contributed by atoms with Crippen LogP contribution in [0.1, 0.15) is 42.5 Å². The number of nitrogens with one attached hydrogen (secondary N) is 2. The molecule has 5 rings (SSSR count). The lowest BCUT2D eigenvalue weighted by Crippen LogP contribution is -2.31. The van der Waals surface area contributed by atoms with Gasteiger partial charge in [-0.1, -0.05) is 55.8 Å². The first-order valence-electron chi connectivity index (χ1n) is 10.7. The molecule has 0 radical (unpaired) electrons. The first-order chi connectivity index (χ1) is 15.6. The zero-order valence-electron chi connectivity index (χ0n) is 17.7. The van der Waals surface area contributed by atoms with Crippen molar-refractivity contribution in [1.82, 2.24) is 24.6 Å². The molecule has 0 aliphatic carbocycles. The van der Waals surface area contributed by atoms with E-state index in [4.69, 9.17) is 0 Å². The second-order valence-corrected chi connectivity index (χ2v) is 8.03. The summed E-state index contributed by atoms with van der Waals surface area (Å²) in [6.45, 7) is 2.21. The minimum atomic E-state index is -0.790. The maximum atomic E-state index is 13.4. The van der Waals surface area contributed by atoms with E-state index in [2.05, 4.69) is 15.1 Å². The number of fused-ring (bicyclic) bond motifs is 1. The van der Waals surface area contributed by atoms with Crippen LogP contribution in [-0.2, 0) is 22.6 Å². The molecule has 32 heavy (non-hydrogen) atoms. The number of imidazole rings is 1. The lowest BCUT2D eigenvalue weighted by molar-refractivity contribution is -0.139. The highest BCUT2D eigenvalue weighted by Gasteiger charge is 2.42. The molecule has 1 aliphatic rings. The van der Waals surface area contributed by atoms with Gasteiger partial charge in [0.25, 0.3) is 5.56 Å². The second-order valence-electron chi connectivity index (χ2n) is 8.03. The molecule has 2 aromatic carbocycles. The Labute approximate surface area is 183 Å². The minimum absolute atomic E-state index is 0.00436. The molecule has 0 spiro atoms. The Balaban J connectivity index is 1.53. The van der Waals surface area contributed by atoms with E-state index in [-0.39, 0.29) is 30.3 Å². The molecular formula is C24H23N5O3. The molecular weight excluding hydrogens is 406 g/mol. The lowest BCUT2D eigenvalue weighted by atomic mass is 9.96. The van der Waals surface area contributed by atoms with E-state index in [0.29, 0.717) is 23.6 Å². The van der Waals surface area contributed by atoms with Gasteiger partial charge >= 0.3 is 0 Å². The van der Waals surface area contributed by atoms with Crippen LogP contribution >= 0.6 is 0 Å². The van der Waals surface area contributed by atoms with Crippen molar-refractivity contribution in [3.63, 3.8) is 0 Å². The standard InChI is InChI=1S/C24H23N5O3/c1-2-8-19-21(16-13-20(30)28(22(16)31)14-15-9-4-3-5-10-15)23(32)29(27-19)24-25-17-11-6-7-12-18(17)26-24/h3-7,9-12,16,27H,2,8,13-14H2,1H3,(H,25,26). The Morgan fingerprint density at radius 2 is 1.78 bits per heavy atom. The zero-order valence-corrected chi connectivity index (χ0v) is 17.7. The van der Waals surface area contributed by atoms with E-state index in [9.17, 15) is 14.4 Å². The predicted octanol–water partition coefficient (Wildman–Crippen LogP) is 3.04. The molecule has 0 bridgehead atoms. The Bertz CT molecular complexity index is 1330. The number of carbonyl (C=O) groups is 2. The minimum Gasteiger partial charge on any atom is -0.322 e. The van der Waals surface area contributed by atoms with Crippen molar-refractivity contribution in [3.05, 3.63) is 81.8 Å². The maximum absolute atomic E-state index is 13.4. The Morgan fingerprint density at radius 3 is 2.53 bits per heavy atom. The van der Waals surface area contributed by atoms with Gasteiger partial charge in [0.15, 0.2) is 0 Å². The van der Waals surface area contributed by atoms with Crippen LogP contribution in [0.5, 0.6) is 0 Å². The number of hydrogen-bond donors (Lipinski definition) is 2. The largest absolute Gasteiger partial charge is 0.322 e. The van der Waals surface area contributed by atoms with Gasteiger partial charge in [0, 0.05) is 12.1 Å². The molecule has 1 atom stereocenters. The van der Waals surface area contributed by atoms with Crippen LogP contribution in [0, 0.1) is 0 Å². The number of H-pyrrole nitrogens is 2. The fourth-order valence-corrected chi connectivity index (χ4v) is 4.33. The highest BCUT2D eigenvalue weighted by molar-refractivity contribution is 6.06. The molecule has 1 aliphatic heterocycles. The molecule has 0 saturated carbocycles. The summed E-state index contributed by atoms with van der Waals surface area (Å²) in [6, 6.07) is 16.9. The molecule has 1 saturated heterocycles. The number of carbonyl (C=O) groups excluding carboxylic acids is 2. The Kier molecular flexibility index (Phi) is 4.97. The van der Waals surface area contributed by atoms with Crippen molar-refractivity contribution in [2.75, 3.05) is 0 Å². The number of aryl methyl sites for hydroxylation is 1. The van der Waals surface area contributed by atoms with Gasteiger partial charge in [-0.15, -0.1) is 0 Å². The SMILES string of the molecule is CCCc1[nH]n(-c2nc3ccccc3[nH]2)c(=O)c1C1CC(=O)N(Cc2ccccc2)C1=O. The van der Waals surface area contributed by atoms with Crippen molar-refractivity contribution in [3.8, 4) is 5.95 Å². The number of aromatic nitrogens is 4. The van der Waals surface area contributed by atoms with E-state index >= 15 is 0 Å². The molecule has 2 N–H and O–H groups in total. The smallest absolute Gasteiger partial charge is 0.278 e. The summed E-state index contributed by atoms with van der Waals surface area (Å²) < 4.78 is 1.35. The van der Waals surface area contributed by atoms with Gasteiger partial charge in [0.05, 0.1) is 29.1 Å². The summed E-state index contributed by atoms with van der Waals surface area (Å²) in [5.41, 5.74) is 3.11. The zero-order chi connectivity index (χ0) is 22.2. The second kappa shape index (κ2) is 7.96. The number of likely N-dealkylation sites (tertiary alicyclic amines) is 1. The van der Waals surface area contributed by atoms with Gasteiger partial charge in [-0.25, -0.2) is 4.98 Å². The van der Waals surface area contributed by atoms with Gasteiger partial charge < -0.3 is 4.98 Å². The first-order valence-corrected chi connectivity index (χ1v) is 10.7. The fourth-order valence-electron chi connectivity index (χ4n) is 4.33. The van der Waals surface area contributed by atoms with E-state index in [1.807, 2.05) is 61.5 Å². The van der Waals surface area contributed by atoms with Crippen LogP contribution in [0.25, 0.3) is 17.0 Å². The van der Waals surface area contributed by atoms with E-state index in [1.54, 1.807) is 0 Å². The molecule has 2 aromatic heterocycles.